The highest BCUT2D eigenvalue weighted by Gasteiger charge is 2.14. The lowest BCUT2D eigenvalue weighted by atomic mass is 9.99. The molecule has 2 heteroatoms. The van der Waals surface area contributed by atoms with Gasteiger partial charge >= 0.3 is 0 Å². The molecule has 1 atom stereocenters. The second-order valence-electron chi connectivity index (χ2n) is 4.99. The van der Waals surface area contributed by atoms with Crippen molar-refractivity contribution in [1.29, 1.82) is 0 Å². The van der Waals surface area contributed by atoms with Gasteiger partial charge in [0.05, 0.1) is 5.92 Å². The molecule has 1 amide bonds. The highest BCUT2D eigenvalue weighted by Crippen LogP contribution is 2.18. The molecule has 0 aliphatic heterocycles. The molecule has 1 unspecified atom stereocenters. The fourth-order valence-electron chi connectivity index (χ4n) is 1.89. The van der Waals surface area contributed by atoms with E-state index in [1.54, 1.807) is 0 Å². The summed E-state index contributed by atoms with van der Waals surface area (Å²) in [6, 6.07) is 15.9. The molecule has 2 aromatic carbocycles. The van der Waals surface area contributed by atoms with Crippen LogP contribution in [0.1, 0.15) is 29.5 Å². The minimum Gasteiger partial charge on any atom is -0.326 e. The number of hydrogen-bond donors (Lipinski definition) is 1. The van der Waals surface area contributed by atoms with Crippen molar-refractivity contribution in [1.82, 2.24) is 0 Å². The van der Waals surface area contributed by atoms with Crippen LogP contribution >= 0.6 is 0 Å². The van der Waals surface area contributed by atoms with Crippen LogP contribution in [0.5, 0.6) is 0 Å². The molecular formula is C17H19NO. The van der Waals surface area contributed by atoms with Gasteiger partial charge in [-0.25, -0.2) is 0 Å². The lowest BCUT2D eigenvalue weighted by molar-refractivity contribution is -0.117. The Hall–Kier alpha value is -2.09. The monoisotopic (exact) mass is 253 g/mol. The van der Waals surface area contributed by atoms with Gasteiger partial charge in [-0.05, 0) is 38.5 Å². The molecule has 2 rings (SSSR count). The zero-order valence-corrected chi connectivity index (χ0v) is 11.6. The number of nitrogens with one attached hydrogen (secondary N) is 1. The van der Waals surface area contributed by atoms with Gasteiger partial charge in [0.2, 0.25) is 5.91 Å². The molecule has 98 valence electrons. The highest BCUT2D eigenvalue weighted by molar-refractivity contribution is 5.95. The SMILES string of the molecule is Cc1ccc(NC(=O)C(C)c2ccc(C)cc2)cc1. The molecule has 0 aliphatic rings. The van der Waals surface area contributed by atoms with E-state index in [0.29, 0.717) is 0 Å². The molecule has 0 aromatic heterocycles. The number of anilines is 1. The normalized spacial score (nSPS) is 11.9. The van der Waals surface area contributed by atoms with Gasteiger partial charge in [0, 0.05) is 5.69 Å². The quantitative estimate of drug-likeness (QED) is 0.878. The summed E-state index contributed by atoms with van der Waals surface area (Å²) in [6.45, 7) is 6.00. The molecule has 19 heavy (non-hydrogen) atoms. The van der Waals surface area contributed by atoms with Gasteiger partial charge < -0.3 is 5.32 Å². The molecule has 0 spiro atoms. The Bertz CT molecular complexity index is 555. The number of carbonyl (C=O) groups excluding carboxylic acids is 1. The van der Waals surface area contributed by atoms with Crippen LogP contribution in [-0.2, 0) is 4.79 Å². The number of aryl methyl sites for hydroxylation is 2. The third-order valence-electron chi connectivity index (χ3n) is 3.29. The minimum absolute atomic E-state index is 0.0210. The topological polar surface area (TPSA) is 29.1 Å². The maximum absolute atomic E-state index is 12.2. The van der Waals surface area contributed by atoms with Gasteiger partial charge in [-0.3, -0.25) is 4.79 Å². The van der Waals surface area contributed by atoms with Crippen LogP contribution in [0.15, 0.2) is 48.5 Å². The molecule has 0 saturated heterocycles. The Morgan fingerprint density at radius 3 is 1.89 bits per heavy atom. The molecular weight excluding hydrogens is 234 g/mol. The van der Waals surface area contributed by atoms with Crippen molar-refractivity contribution >= 4 is 11.6 Å². The third-order valence-corrected chi connectivity index (χ3v) is 3.29. The average molecular weight is 253 g/mol. The van der Waals surface area contributed by atoms with Crippen molar-refractivity contribution < 1.29 is 4.79 Å². The van der Waals surface area contributed by atoms with E-state index in [1.807, 2.05) is 69.3 Å². The number of carbonyl (C=O) groups is 1. The van der Waals surface area contributed by atoms with E-state index in [4.69, 9.17) is 0 Å². The number of rotatable bonds is 3. The van der Waals surface area contributed by atoms with E-state index in [1.165, 1.54) is 11.1 Å². The fourth-order valence-corrected chi connectivity index (χ4v) is 1.89. The lowest BCUT2D eigenvalue weighted by Crippen LogP contribution is -2.18. The Labute approximate surface area is 114 Å². The Morgan fingerprint density at radius 2 is 1.37 bits per heavy atom. The molecule has 0 bridgehead atoms. The fraction of sp³-hybridized carbons (Fsp3) is 0.235. The standard InChI is InChI=1S/C17H19NO/c1-12-4-8-15(9-5-12)14(3)17(19)18-16-10-6-13(2)7-11-16/h4-11,14H,1-3H3,(H,18,19). The van der Waals surface area contributed by atoms with Crippen LogP contribution in [0.2, 0.25) is 0 Å². The number of amides is 1. The van der Waals surface area contributed by atoms with Crippen molar-refractivity contribution in [2.45, 2.75) is 26.7 Å². The van der Waals surface area contributed by atoms with Gasteiger partial charge in [-0.1, -0.05) is 47.5 Å². The summed E-state index contributed by atoms with van der Waals surface area (Å²) < 4.78 is 0. The van der Waals surface area contributed by atoms with Gasteiger partial charge in [0.1, 0.15) is 0 Å². The van der Waals surface area contributed by atoms with Crippen LogP contribution in [0.25, 0.3) is 0 Å². The maximum atomic E-state index is 12.2. The van der Waals surface area contributed by atoms with E-state index in [-0.39, 0.29) is 11.8 Å². The molecule has 2 nitrogen and oxygen atoms in total. The molecule has 0 radical (unpaired) electrons. The van der Waals surface area contributed by atoms with Crippen molar-refractivity contribution in [2.24, 2.45) is 0 Å². The Balaban J connectivity index is 2.07. The Morgan fingerprint density at radius 1 is 0.895 bits per heavy atom. The van der Waals surface area contributed by atoms with Gasteiger partial charge in [0.25, 0.3) is 0 Å². The predicted molar refractivity (Wildman–Crippen MR) is 79.4 cm³/mol. The number of hydrogen-bond acceptors (Lipinski definition) is 1. The van der Waals surface area contributed by atoms with Crippen LogP contribution in [0, 0.1) is 13.8 Å². The summed E-state index contributed by atoms with van der Waals surface area (Å²) in [4.78, 5) is 12.2. The predicted octanol–water partition coefficient (Wildman–Crippen LogP) is 4.05. The summed E-state index contributed by atoms with van der Waals surface area (Å²) in [6.07, 6.45) is 0. The molecule has 0 fully saturated rings. The van der Waals surface area contributed by atoms with Crippen molar-refractivity contribution in [3.05, 3.63) is 65.2 Å². The lowest BCUT2D eigenvalue weighted by Gasteiger charge is -2.13. The van der Waals surface area contributed by atoms with Gasteiger partial charge in [-0.2, -0.15) is 0 Å². The van der Waals surface area contributed by atoms with Crippen LogP contribution < -0.4 is 5.32 Å². The largest absolute Gasteiger partial charge is 0.326 e. The third kappa shape index (κ3) is 3.44. The summed E-state index contributed by atoms with van der Waals surface area (Å²) in [5.41, 5.74) is 4.27. The molecule has 0 aliphatic carbocycles. The van der Waals surface area contributed by atoms with Crippen LogP contribution in [0.4, 0.5) is 5.69 Å². The summed E-state index contributed by atoms with van der Waals surface area (Å²) in [7, 11) is 0. The van der Waals surface area contributed by atoms with Gasteiger partial charge in [0.15, 0.2) is 0 Å². The van der Waals surface area contributed by atoms with Crippen LogP contribution in [0.3, 0.4) is 0 Å². The number of benzene rings is 2. The second kappa shape index (κ2) is 5.70. The zero-order valence-electron chi connectivity index (χ0n) is 11.6. The van der Waals surface area contributed by atoms with E-state index < -0.39 is 0 Å². The first kappa shape index (κ1) is 13.3. The van der Waals surface area contributed by atoms with E-state index >= 15 is 0 Å². The molecule has 1 N–H and O–H groups in total. The van der Waals surface area contributed by atoms with Crippen molar-refractivity contribution in [3.63, 3.8) is 0 Å². The summed E-state index contributed by atoms with van der Waals surface area (Å²) in [5, 5.41) is 2.94. The second-order valence-corrected chi connectivity index (χ2v) is 4.99. The smallest absolute Gasteiger partial charge is 0.231 e. The summed E-state index contributed by atoms with van der Waals surface area (Å²) in [5.74, 6) is -0.130. The first-order chi connectivity index (χ1) is 9.06. The molecule has 0 heterocycles. The maximum Gasteiger partial charge on any atom is 0.231 e. The zero-order chi connectivity index (χ0) is 13.8. The van der Waals surface area contributed by atoms with E-state index in [0.717, 1.165) is 11.3 Å². The summed E-state index contributed by atoms with van der Waals surface area (Å²) >= 11 is 0. The van der Waals surface area contributed by atoms with Crippen molar-refractivity contribution in [3.8, 4) is 0 Å². The minimum atomic E-state index is -0.151. The first-order valence-corrected chi connectivity index (χ1v) is 6.50. The van der Waals surface area contributed by atoms with Gasteiger partial charge in [-0.15, -0.1) is 0 Å². The van der Waals surface area contributed by atoms with Crippen molar-refractivity contribution in [2.75, 3.05) is 5.32 Å². The Kier molecular flexibility index (Phi) is 4.00. The van der Waals surface area contributed by atoms with Crippen LogP contribution in [-0.4, -0.2) is 5.91 Å². The first-order valence-electron chi connectivity index (χ1n) is 6.50. The van der Waals surface area contributed by atoms with E-state index in [9.17, 15) is 4.79 Å². The molecule has 0 saturated carbocycles. The molecule has 2 aromatic rings. The van der Waals surface area contributed by atoms with E-state index in [2.05, 4.69) is 5.32 Å². The highest BCUT2D eigenvalue weighted by atomic mass is 16.1. The average Bonchev–Trinajstić information content (AvgIpc) is 2.41.